The molecule has 0 spiro atoms. The number of likely N-dealkylation sites (tertiary alicyclic amines) is 1. The fourth-order valence-electron chi connectivity index (χ4n) is 4.57. The van der Waals surface area contributed by atoms with Gasteiger partial charge in [-0.1, -0.05) is 42.5 Å². The average molecular weight is 406 g/mol. The van der Waals surface area contributed by atoms with E-state index in [1.165, 1.54) is 10.5 Å². The summed E-state index contributed by atoms with van der Waals surface area (Å²) in [4.78, 5) is 40.2. The number of carbonyl (C=O) groups is 3. The number of piperidine rings is 1. The van der Waals surface area contributed by atoms with E-state index < -0.39 is 12.0 Å². The van der Waals surface area contributed by atoms with E-state index in [9.17, 15) is 19.5 Å². The molecule has 2 aliphatic heterocycles. The van der Waals surface area contributed by atoms with Gasteiger partial charge in [0.25, 0.3) is 11.8 Å². The van der Waals surface area contributed by atoms with Crippen molar-refractivity contribution in [2.45, 2.75) is 31.7 Å². The summed E-state index contributed by atoms with van der Waals surface area (Å²) in [6, 6.07) is 16.4. The van der Waals surface area contributed by atoms with Gasteiger partial charge in [-0.25, -0.2) is 0 Å². The van der Waals surface area contributed by atoms with E-state index in [1.54, 1.807) is 24.3 Å². The van der Waals surface area contributed by atoms with Gasteiger partial charge in [-0.15, -0.1) is 0 Å². The Morgan fingerprint density at radius 2 is 1.50 bits per heavy atom. The number of carbonyl (C=O) groups excluding carboxylic acids is 2. The topological polar surface area (TPSA) is 77.9 Å². The number of carboxylic acids is 1. The first-order valence-electron chi connectivity index (χ1n) is 10.5. The second-order valence-corrected chi connectivity index (χ2v) is 8.12. The molecule has 2 amide bonds. The van der Waals surface area contributed by atoms with E-state index in [1.807, 2.05) is 23.1 Å². The summed E-state index contributed by atoms with van der Waals surface area (Å²) in [7, 11) is 0. The largest absolute Gasteiger partial charge is 0.480 e. The number of fused-ring (bicyclic) bond motifs is 1. The van der Waals surface area contributed by atoms with Crippen molar-refractivity contribution in [3.63, 3.8) is 0 Å². The lowest BCUT2D eigenvalue weighted by molar-refractivity contribution is -0.144. The maximum Gasteiger partial charge on any atom is 0.320 e. The number of nitrogens with zero attached hydrogens (tertiary/aromatic N) is 2. The molecule has 0 saturated carbocycles. The molecular formula is C24H26N2O4. The number of hydrogen-bond acceptors (Lipinski definition) is 4. The standard InChI is InChI=1S/C24H26N2O4/c27-22-19-8-4-5-9-20(19)23(28)26(22)15-12-21(24(29)30)25-13-10-18(11-14-25)16-17-6-2-1-3-7-17/h1-9,18,21H,10-16H2,(H,29,30). The van der Waals surface area contributed by atoms with Crippen molar-refractivity contribution in [3.8, 4) is 0 Å². The van der Waals surface area contributed by atoms with Crippen molar-refractivity contribution in [3.05, 3.63) is 71.3 Å². The molecule has 1 fully saturated rings. The van der Waals surface area contributed by atoms with Crippen LogP contribution in [0.15, 0.2) is 54.6 Å². The molecule has 0 bridgehead atoms. The molecular weight excluding hydrogens is 380 g/mol. The van der Waals surface area contributed by atoms with Crippen LogP contribution in [0.1, 0.15) is 45.5 Å². The smallest absolute Gasteiger partial charge is 0.320 e. The van der Waals surface area contributed by atoms with Crippen LogP contribution in [0.25, 0.3) is 0 Å². The number of aliphatic carboxylic acids is 1. The first-order valence-corrected chi connectivity index (χ1v) is 10.5. The minimum atomic E-state index is -0.895. The van der Waals surface area contributed by atoms with Crippen molar-refractivity contribution in [1.82, 2.24) is 9.80 Å². The number of imide groups is 1. The van der Waals surface area contributed by atoms with Crippen molar-refractivity contribution < 1.29 is 19.5 Å². The van der Waals surface area contributed by atoms with E-state index in [4.69, 9.17) is 0 Å². The molecule has 1 N–H and O–H groups in total. The van der Waals surface area contributed by atoms with Crippen LogP contribution in [0.5, 0.6) is 0 Å². The van der Waals surface area contributed by atoms with E-state index in [0.717, 1.165) is 32.4 Å². The van der Waals surface area contributed by atoms with Gasteiger partial charge in [-0.2, -0.15) is 0 Å². The lowest BCUT2D eigenvalue weighted by Crippen LogP contribution is -2.47. The van der Waals surface area contributed by atoms with Crippen LogP contribution in [0.2, 0.25) is 0 Å². The molecule has 6 nitrogen and oxygen atoms in total. The van der Waals surface area contributed by atoms with Gasteiger partial charge in [-0.3, -0.25) is 24.2 Å². The molecule has 0 aliphatic carbocycles. The Balaban J connectivity index is 1.34. The third kappa shape index (κ3) is 4.14. The van der Waals surface area contributed by atoms with Crippen LogP contribution in [0.3, 0.4) is 0 Å². The lowest BCUT2D eigenvalue weighted by Gasteiger charge is -2.36. The summed E-state index contributed by atoms with van der Waals surface area (Å²) in [5.41, 5.74) is 2.11. The molecule has 0 aromatic heterocycles. The van der Waals surface area contributed by atoms with Crippen molar-refractivity contribution in [1.29, 1.82) is 0 Å². The zero-order valence-electron chi connectivity index (χ0n) is 16.9. The van der Waals surface area contributed by atoms with Gasteiger partial charge in [0.05, 0.1) is 11.1 Å². The Bertz CT molecular complexity index is 900. The Kier molecular flexibility index (Phi) is 5.95. The highest BCUT2D eigenvalue weighted by molar-refractivity contribution is 6.21. The monoisotopic (exact) mass is 406 g/mol. The number of amides is 2. The predicted octanol–water partition coefficient (Wildman–Crippen LogP) is 3.08. The summed E-state index contributed by atoms with van der Waals surface area (Å²) in [5, 5.41) is 9.78. The molecule has 2 aromatic rings. The summed E-state index contributed by atoms with van der Waals surface area (Å²) in [5.74, 6) is -1.01. The van der Waals surface area contributed by atoms with Crippen LogP contribution in [0.4, 0.5) is 0 Å². The van der Waals surface area contributed by atoms with Crippen LogP contribution in [0, 0.1) is 5.92 Å². The molecule has 156 valence electrons. The number of carboxylic acid groups (broad SMARTS) is 1. The third-order valence-corrected chi connectivity index (χ3v) is 6.25. The van der Waals surface area contributed by atoms with Crippen molar-refractivity contribution >= 4 is 17.8 Å². The van der Waals surface area contributed by atoms with E-state index in [-0.39, 0.29) is 24.8 Å². The maximum absolute atomic E-state index is 12.5. The van der Waals surface area contributed by atoms with Gasteiger partial charge < -0.3 is 5.11 Å². The Morgan fingerprint density at radius 1 is 0.933 bits per heavy atom. The molecule has 2 aromatic carbocycles. The average Bonchev–Trinajstić information content (AvgIpc) is 3.00. The second-order valence-electron chi connectivity index (χ2n) is 8.12. The fourth-order valence-corrected chi connectivity index (χ4v) is 4.57. The van der Waals surface area contributed by atoms with E-state index in [2.05, 4.69) is 12.1 Å². The van der Waals surface area contributed by atoms with Crippen LogP contribution >= 0.6 is 0 Å². The molecule has 1 unspecified atom stereocenters. The van der Waals surface area contributed by atoms with Crippen LogP contribution in [-0.2, 0) is 11.2 Å². The van der Waals surface area contributed by atoms with E-state index >= 15 is 0 Å². The maximum atomic E-state index is 12.5. The fraction of sp³-hybridized carbons (Fsp3) is 0.375. The molecule has 1 atom stereocenters. The third-order valence-electron chi connectivity index (χ3n) is 6.25. The predicted molar refractivity (Wildman–Crippen MR) is 112 cm³/mol. The normalized spacial score (nSPS) is 18.5. The summed E-state index contributed by atoms with van der Waals surface area (Å²) in [6.07, 6.45) is 3.16. The summed E-state index contributed by atoms with van der Waals surface area (Å²) >= 11 is 0. The van der Waals surface area contributed by atoms with Crippen molar-refractivity contribution in [2.75, 3.05) is 19.6 Å². The van der Waals surface area contributed by atoms with Gasteiger partial charge >= 0.3 is 5.97 Å². The molecule has 2 heterocycles. The highest BCUT2D eigenvalue weighted by Crippen LogP contribution is 2.26. The van der Waals surface area contributed by atoms with Gasteiger partial charge in [0.1, 0.15) is 6.04 Å². The van der Waals surface area contributed by atoms with Gasteiger partial charge in [-0.05, 0) is 62.4 Å². The summed E-state index contributed by atoms with van der Waals surface area (Å²) < 4.78 is 0. The molecule has 1 saturated heterocycles. The number of hydrogen-bond donors (Lipinski definition) is 1. The molecule has 0 radical (unpaired) electrons. The number of benzene rings is 2. The number of rotatable bonds is 7. The minimum absolute atomic E-state index is 0.118. The Morgan fingerprint density at radius 3 is 2.07 bits per heavy atom. The van der Waals surface area contributed by atoms with Gasteiger partial charge in [0, 0.05) is 6.54 Å². The Hall–Kier alpha value is -2.99. The van der Waals surface area contributed by atoms with Crippen molar-refractivity contribution in [2.24, 2.45) is 5.92 Å². The van der Waals surface area contributed by atoms with E-state index in [0.29, 0.717) is 17.0 Å². The van der Waals surface area contributed by atoms with Crippen LogP contribution < -0.4 is 0 Å². The van der Waals surface area contributed by atoms with Gasteiger partial charge in [0.15, 0.2) is 0 Å². The molecule has 4 rings (SSSR count). The van der Waals surface area contributed by atoms with Gasteiger partial charge in [0.2, 0.25) is 0 Å². The zero-order chi connectivity index (χ0) is 21.1. The zero-order valence-corrected chi connectivity index (χ0v) is 16.9. The molecule has 6 heteroatoms. The SMILES string of the molecule is O=C(O)C(CCN1C(=O)c2ccccc2C1=O)N1CCC(Cc2ccccc2)CC1. The summed E-state index contributed by atoms with van der Waals surface area (Å²) in [6.45, 7) is 1.56. The quantitative estimate of drug-likeness (QED) is 0.715. The highest BCUT2D eigenvalue weighted by atomic mass is 16.4. The van der Waals surface area contributed by atoms with Crippen LogP contribution in [-0.4, -0.2) is 58.4 Å². The first-order chi connectivity index (χ1) is 14.5. The highest BCUT2D eigenvalue weighted by Gasteiger charge is 2.37. The molecule has 30 heavy (non-hydrogen) atoms. The second kappa shape index (κ2) is 8.79. The lowest BCUT2D eigenvalue weighted by atomic mass is 9.89. The first kappa shape index (κ1) is 20.3. The molecule has 2 aliphatic rings. The minimum Gasteiger partial charge on any atom is -0.480 e. The Labute approximate surface area is 176 Å².